The van der Waals surface area contributed by atoms with Gasteiger partial charge in [-0.3, -0.25) is 4.79 Å². The molecule has 0 saturated heterocycles. The monoisotopic (exact) mass is 196 g/mol. The van der Waals surface area contributed by atoms with Gasteiger partial charge in [-0.25, -0.2) is 0 Å². The predicted octanol–water partition coefficient (Wildman–Crippen LogP) is 2.39. The number of ether oxygens (including phenoxy) is 2. The van der Waals surface area contributed by atoms with Crippen molar-refractivity contribution in [1.29, 1.82) is 0 Å². The number of carbonyl (C=O) groups is 1. The highest BCUT2D eigenvalue weighted by Gasteiger charge is 2.18. The first-order valence-electron chi connectivity index (χ1n) is 4.71. The maximum absolute atomic E-state index is 11.2. The molecule has 0 spiro atoms. The summed E-state index contributed by atoms with van der Waals surface area (Å²) < 4.78 is 10.3. The van der Waals surface area contributed by atoms with Gasteiger partial charge >= 0.3 is 5.97 Å². The average molecular weight is 196 g/mol. The summed E-state index contributed by atoms with van der Waals surface area (Å²) in [6.45, 7) is 9.52. The van der Waals surface area contributed by atoms with Crippen LogP contribution in [0.5, 0.6) is 0 Å². The lowest BCUT2D eigenvalue weighted by molar-refractivity contribution is -0.146. The molecule has 1 heterocycles. The number of hydrogen-bond acceptors (Lipinski definition) is 3. The molecule has 3 heteroatoms. The third-order valence-corrected chi connectivity index (χ3v) is 2.07. The minimum Gasteiger partial charge on any atom is -0.467 e. The lowest BCUT2D eigenvalue weighted by Gasteiger charge is -2.06. The van der Waals surface area contributed by atoms with Gasteiger partial charge in [-0.05, 0) is 6.92 Å². The normalized spacial score (nSPS) is 16.1. The number of rotatable bonds is 3. The zero-order valence-corrected chi connectivity index (χ0v) is 8.92. The van der Waals surface area contributed by atoms with Crippen LogP contribution in [-0.2, 0) is 14.3 Å². The van der Waals surface area contributed by atoms with Gasteiger partial charge in [0.2, 0.25) is 0 Å². The maximum atomic E-state index is 11.2. The van der Waals surface area contributed by atoms with Crippen molar-refractivity contribution in [2.45, 2.75) is 27.2 Å². The summed E-state index contributed by atoms with van der Waals surface area (Å²) in [6.07, 6.45) is 0.678. The molecule has 1 aliphatic rings. The van der Waals surface area contributed by atoms with Gasteiger partial charge in [0.15, 0.2) is 0 Å². The largest absolute Gasteiger partial charge is 0.467 e. The summed E-state index contributed by atoms with van der Waals surface area (Å²) >= 11 is 0. The first-order valence-corrected chi connectivity index (χ1v) is 4.71. The van der Waals surface area contributed by atoms with Crippen molar-refractivity contribution in [1.82, 2.24) is 0 Å². The molecule has 1 rings (SSSR count). The minimum absolute atomic E-state index is 0.0820. The number of hydrogen-bond donors (Lipinski definition) is 0. The Balaban J connectivity index is 2.43. The van der Waals surface area contributed by atoms with Gasteiger partial charge in [-0.2, -0.15) is 0 Å². The van der Waals surface area contributed by atoms with Crippen molar-refractivity contribution < 1.29 is 14.3 Å². The van der Waals surface area contributed by atoms with Gasteiger partial charge in [0.25, 0.3) is 0 Å². The molecule has 14 heavy (non-hydrogen) atoms. The van der Waals surface area contributed by atoms with Gasteiger partial charge in [0.1, 0.15) is 18.1 Å². The molecule has 0 aromatic carbocycles. The molecule has 0 aliphatic carbocycles. The zero-order chi connectivity index (χ0) is 10.7. The van der Waals surface area contributed by atoms with E-state index in [0.29, 0.717) is 13.0 Å². The van der Waals surface area contributed by atoms with E-state index in [2.05, 4.69) is 6.58 Å². The summed E-state index contributed by atoms with van der Waals surface area (Å²) in [7, 11) is 0. The predicted molar refractivity (Wildman–Crippen MR) is 53.3 cm³/mol. The number of carbonyl (C=O) groups excluding carboxylic acids is 1. The molecular formula is C11H16O3. The molecule has 0 aromatic rings. The molecule has 0 bridgehead atoms. The van der Waals surface area contributed by atoms with E-state index in [1.165, 1.54) is 0 Å². The van der Waals surface area contributed by atoms with E-state index in [4.69, 9.17) is 9.47 Å². The van der Waals surface area contributed by atoms with Gasteiger partial charge in [-0.1, -0.05) is 20.4 Å². The van der Waals surface area contributed by atoms with Gasteiger partial charge in [0.05, 0.1) is 5.92 Å². The molecule has 0 aromatic heterocycles. The van der Waals surface area contributed by atoms with Crippen molar-refractivity contribution in [3.63, 3.8) is 0 Å². The topological polar surface area (TPSA) is 35.5 Å². The van der Waals surface area contributed by atoms with E-state index in [0.717, 1.165) is 17.1 Å². The van der Waals surface area contributed by atoms with Crippen LogP contribution in [0, 0.1) is 5.92 Å². The van der Waals surface area contributed by atoms with Crippen molar-refractivity contribution in [3.8, 4) is 0 Å². The fourth-order valence-corrected chi connectivity index (χ4v) is 1.16. The first-order chi connectivity index (χ1) is 6.50. The average Bonchev–Trinajstić information content (AvgIpc) is 2.40. The Morgan fingerprint density at radius 1 is 1.64 bits per heavy atom. The van der Waals surface area contributed by atoms with Crippen LogP contribution in [0.15, 0.2) is 23.7 Å². The lowest BCUT2D eigenvalue weighted by Crippen LogP contribution is -2.13. The van der Waals surface area contributed by atoms with Crippen LogP contribution in [0.2, 0.25) is 0 Å². The Morgan fingerprint density at radius 2 is 2.29 bits per heavy atom. The van der Waals surface area contributed by atoms with E-state index in [1.807, 2.05) is 20.8 Å². The molecule has 0 amide bonds. The Hall–Kier alpha value is -1.25. The van der Waals surface area contributed by atoms with Crippen molar-refractivity contribution in [2.24, 2.45) is 5.92 Å². The van der Waals surface area contributed by atoms with Gasteiger partial charge < -0.3 is 9.47 Å². The van der Waals surface area contributed by atoms with Crippen molar-refractivity contribution in [3.05, 3.63) is 23.7 Å². The zero-order valence-electron chi connectivity index (χ0n) is 8.92. The Labute approximate surface area is 84.4 Å². The highest BCUT2D eigenvalue weighted by Crippen LogP contribution is 2.26. The Morgan fingerprint density at radius 3 is 2.71 bits per heavy atom. The van der Waals surface area contributed by atoms with Crippen LogP contribution >= 0.6 is 0 Å². The second kappa shape index (κ2) is 4.31. The highest BCUT2D eigenvalue weighted by atomic mass is 16.5. The number of esters is 1. The molecule has 0 radical (unpaired) electrons. The van der Waals surface area contributed by atoms with Crippen molar-refractivity contribution >= 4 is 5.97 Å². The molecular weight excluding hydrogens is 180 g/mol. The summed E-state index contributed by atoms with van der Waals surface area (Å²) in [6, 6.07) is 0. The molecule has 0 atom stereocenters. The van der Waals surface area contributed by atoms with E-state index < -0.39 is 0 Å². The Kier molecular flexibility index (Phi) is 3.33. The van der Waals surface area contributed by atoms with E-state index in [9.17, 15) is 4.79 Å². The molecule has 0 unspecified atom stereocenters. The fourth-order valence-electron chi connectivity index (χ4n) is 1.16. The van der Waals surface area contributed by atoms with E-state index >= 15 is 0 Å². The summed E-state index contributed by atoms with van der Waals surface area (Å²) in [5.74, 6) is 1.27. The first kappa shape index (κ1) is 10.8. The second-order valence-electron chi connectivity index (χ2n) is 3.74. The maximum Gasteiger partial charge on any atom is 0.308 e. The molecule has 1 aliphatic heterocycles. The summed E-state index contributed by atoms with van der Waals surface area (Å²) in [5.41, 5.74) is 1.00. The third kappa shape index (κ3) is 2.62. The third-order valence-electron chi connectivity index (χ3n) is 2.07. The minimum atomic E-state index is -0.178. The molecule has 0 saturated carbocycles. The van der Waals surface area contributed by atoms with Crippen LogP contribution < -0.4 is 0 Å². The van der Waals surface area contributed by atoms with Crippen molar-refractivity contribution in [2.75, 3.05) is 6.61 Å². The fraction of sp³-hybridized carbons (Fsp3) is 0.545. The van der Waals surface area contributed by atoms with Crippen LogP contribution in [0.25, 0.3) is 0 Å². The van der Waals surface area contributed by atoms with Crippen LogP contribution in [0.3, 0.4) is 0 Å². The smallest absolute Gasteiger partial charge is 0.308 e. The molecule has 3 nitrogen and oxygen atoms in total. The van der Waals surface area contributed by atoms with Gasteiger partial charge in [0, 0.05) is 12.0 Å². The molecule has 0 N–H and O–H groups in total. The summed E-state index contributed by atoms with van der Waals surface area (Å²) in [5, 5.41) is 0. The van der Waals surface area contributed by atoms with Gasteiger partial charge in [-0.15, -0.1) is 0 Å². The van der Waals surface area contributed by atoms with Crippen LogP contribution in [0.4, 0.5) is 0 Å². The Bertz CT molecular complexity index is 287. The SMILES string of the molecule is C=C1CC(COC(=O)C(C)C)=C(C)O1. The molecule has 78 valence electrons. The van der Waals surface area contributed by atoms with Crippen LogP contribution in [0.1, 0.15) is 27.2 Å². The quantitative estimate of drug-likeness (QED) is 0.650. The lowest BCUT2D eigenvalue weighted by atomic mass is 10.2. The van der Waals surface area contributed by atoms with Crippen LogP contribution in [-0.4, -0.2) is 12.6 Å². The second-order valence-corrected chi connectivity index (χ2v) is 3.74. The summed E-state index contributed by atoms with van der Waals surface area (Å²) in [4.78, 5) is 11.2. The van der Waals surface area contributed by atoms with E-state index in [1.54, 1.807) is 0 Å². The standard InChI is InChI=1S/C11H16O3/c1-7(2)11(12)13-6-10-5-8(3)14-9(10)4/h7H,3,5-6H2,1-2,4H3. The number of allylic oxidation sites excluding steroid dienone is 2. The highest BCUT2D eigenvalue weighted by molar-refractivity contribution is 5.71. The van der Waals surface area contributed by atoms with E-state index in [-0.39, 0.29) is 11.9 Å². The molecule has 0 fully saturated rings.